The molecule has 8 nitrogen and oxygen atoms in total. The Labute approximate surface area is 147 Å². The summed E-state index contributed by atoms with van der Waals surface area (Å²) in [5.74, 6) is -3.87. The fourth-order valence-corrected chi connectivity index (χ4v) is 2.63. The quantitative estimate of drug-likeness (QED) is 0.682. The van der Waals surface area contributed by atoms with Gasteiger partial charge in [0, 0.05) is 6.54 Å². The maximum absolute atomic E-state index is 12.3. The van der Waals surface area contributed by atoms with Crippen LogP contribution in [-0.2, 0) is 30.8 Å². The van der Waals surface area contributed by atoms with E-state index in [2.05, 4.69) is 4.84 Å². The van der Waals surface area contributed by atoms with E-state index in [4.69, 9.17) is 10.5 Å². The van der Waals surface area contributed by atoms with Gasteiger partial charge in [0.15, 0.2) is 9.84 Å². The van der Waals surface area contributed by atoms with Crippen LogP contribution in [0.1, 0.15) is 5.56 Å². The summed E-state index contributed by atoms with van der Waals surface area (Å²) < 4.78 is 64.9. The van der Waals surface area contributed by atoms with Gasteiger partial charge in [0.1, 0.15) is 6.61 Å². The molecule has 0 unspecified atom stereocenters. The zero-order valence-electron chi connectivity index (χ0n) is 13.4. The van der Waals surface area contributed by atoms with Crippen LogP contribution in [-0.4, -0.2) is 56.3 Å². The predicted molar refractivity (Wildman–Crippen MR) is 83.2 cm³/mol. The number of alkyl halides is 3. The number of hydrogen-bond donors (Lipinski definition) is 1. The molecule has 0 spiro atoms. The van der Waals surface area contributed by atoms with Gasteiger partial charge in [0.25, 0.3) is 0 Å². The molecule has 0 atom stereocenters. The van der Waals surface area contributed by atoms with E-state index in [1.54, 1.807) is 30.3 Å². The number of nitrogens with zero attached hydrogens (tertiary/aromatic N) is 1. The molecule has 0 aliphatic rings. The summed E-state index contributed by atoms with van der Waals surface area (Å²) in [6.45, 7) is -1.35. The molecule has 0 aliphatic heterocycles. The smallest absolute Gasteiger partial charge is 0.442 e. The molecule has 1 aromatic rings. The van der Waals surface area contributed by atoms with Gasteiger partial charge in [-0.1, -0.05) is 30.3 Å². The summed E-state index contributed by atoms with van der Waals surface area (Å²) in [5.41, 5.74) is 5.64. The van der Waals surface area contributed by atoms with Crippen molar-refractivity contribution < 1.29 is 40.8 Å². The highest BCUT2D eigenvalue weighted by molar-refractivity contribution is 7.91. The van der Waals surface area contributed by atoms with Crippen LogP contribution in [0, 0.1) is 0 Å². The first kappa shape index (κ1) is 21.7. The Balaban J connectivity index is 2.78. The monoisotopic (exact) mass is 398 g/mol. The van der Waals surface area contributed by atoms with Crippen LogP contribution in [0.5, 0.6) is 0 Å². The maximum Gasteiger partial charge on any atom is 0.493 e. The minimum atomic E-state index is -5.37. The second-order valence-electron chi connectivity index (χ2n) is 4.96. The van der Waals surface area contributed by atoms with Gasteiger partial charge in [-0.05, 0) is 5.56 Å². The molecule has 26 heavy (non-hydrogen) atoms. The van der Waals surface area contributed by atoms with Crippen LogP contribution < -0.4 is 5.73 Å². The molecule has 0 heterocycles. The lowest BCUT2D eigenvalue weighted by molar-refractivity contribution is -0.230. The van der Waals surface area contributed by atoms with Gasteiger partial charge in [-0.2, -0.15) is 13.2 Å². The number of carbonyl (C=O) groups excluding carboxylic acids is 2. The van der Waals surface area contributed by atoms with E-state index in [9.17, 15) is 31.2 Å². The van der Waals surface area contributed by atoms with Crippen LogP contribution in [0.2, 0.25) is 0 Å². The average molecular weight is 398 g/mol. The average Bonchev–Trinajstić information content (AvgIpc) is 2.56. The molecule has 0 radical (unpaired) electrons. The highest BCUT2D eigenvalue weighted by Crippen LogP contribution is 2.18. The Hall–Kier alpha value is -2.34. The third-order valence-corrected chi connectivity index (χ3v) is 4.53. The zero-order chi connectivity index (χ0) is 19.8. The zero-order valence-corrected chi connectivity index (χ0v) is 14.3. The van der Waals surface area contributed by atoms with E-state index in [1.165, 1.54) is 0 Å². The number of benzene rings is 1. The fourth-order valence-electron chi connectivity index (χ4n) is 1.62. The van der Waals surface area contributed by atoms with Gasteiger partial charge >= 0.3 is 18.2 Å². The fraction of sp³-hybridized carbons (Fsp3) is 0.429. The summed E-state index contributed by atoms with van der Waals surface area (Å²) in [4.78, 5) is 26.8. The van der Waals surface area contributed by atoms with Crippen LogP contribution in [0.3, 0.4) is 0 Å². The predicted octanol–water partition coefficient (Wildman–Crippen LogP) is 1.02. The Morgan fingerprint density at radius 3 is 2.27 bits per heavy atom. The van der Waals surface area contributed by atoms with Crippen LogP contribution in [0.4, 0.5) is 18.0 Å². The van der Waals surface area contributed by atoms with E-state index in [1.807, 2.05) is 0 Å². The van der Waals surface area contributed by atoms with Crippen molar-refractivity contribution >= 4 is 21.9 Å². The van der Waals surface area contributed by atoms with E-state index >= 15 is 0 Å². The second-order valence-corrected chi connectivity index (χ2v) is 7.26. The van der Waals surface area contributed by atoms with Gasteiger partial charge in [-0.15, -0.1) is 5.06 Å². The molecular weight excluding hydrogens is 381 g/mol. The largest absolute Gasteiger partial charge is 0.493 e. The minimum absolute atomic E-state index is 0.0766. The Kier molecular flexibility index (Phi) is 7.83. The third-order valence-electron chi connectivity index (χ3n) is 2.87. The summed E-state index contributed by atoms with van der Waals surface area (Å²) in [6.07, 6.45) is -6.80. The second kappa shape index (κ2) is 9.38. The number of ether oxygens (including phenoxy) is 1. The van der Waals surface area contributed by atoms with Gasteiger partial charge in [-0.25, -0.2) is 18.0 Å². The number of amides is 1. The number of halogens is 3. The van der Waals surface area contributed by atoms with E-state index < -0.39 is 46.1 Å². The van der Waals surface area contributed by atoms with Crippen molar-refractivity contribution in [3.8, 4) is 0 Å². The van der Waals surface area contributed by atoms with Gasteiger partial charge in [0.2, 0.25) is 0 Å². The number of rotatable bonds is 7. The Bertz CT molecular complexity index is 709. The molecule has 2 N–H and O–H groups in total. The topological polar surface area (TPSA) is 116 Å². The molecule has 0 bridgehead atoms. The van der Waals surface area contributed by atoms with Crippen molar-refractivity contribution in [1.29, 1.82) is 0 Å². The van der Waals surface area contributed by atoms with Gasteiger partial charge in [-0.3, -0.25) is 0 Å². The summed E-state index contributed by atoms with van der Waals surface area (Å²) in [7, 11) is -3.75. The van der Waals surface area contributed by atoms with Crippen molar-refractivity contribution in [2.45, 2.75) is 12.8 Å². The lowest BCUT2D eigenvalue weighted by atomic mass is 10.2. The third kappa shape index (κ3) is 7.70. The van der Waals surface area contributed by atoms with Crippen molar-refractivity contribution in [1.82, 2.24) is 5.06 Å². The maximum atomic E-state index is 12.3. The molecule has 0 aromatic heterocycles. The van der Waals surface area contributed by atoms with Crippen LogP contribution >= 0.6 is 0 Å². The van der Waals surface area contributed by atoms with E-state index in [0.29, 0.717) is 5.56 Å². The van der Waals surface area contributed by atoms with Gasteiger partial charge in [0.05, 0.1) is 18.1 Å². The van der Waals surface area contributed by atoms with Crippen LogP contribution in [0.25, 0.3) is 0 Å². The highest BCUT2D eigenvalue weighted by Gasteiger charge is 2.43. The minimum Gasteiger partial charge on any atom is -0.442 e. The molecular formula is C14H17F3N2O6S. The molecule has 12 heteroatoms. The molecule has 1 amide bonds. The number of hydroxylamine groups is 2. The van der Waals surface area contributed by atoms with E-state index in [-0.39, 0.29) is 18.2 Å². The number of carbonyl (C=O) groups is 2. The Morgan fingerprint density at radius 2 is 1.73 bits per heavy atom. The summed E-state index contributed by atoms with van der Waals surface area (Å²) >= 11 is 0. The first-order chi connectivity index (χ1) is 12.0. The lowest BCUT2D eigenvalue weighted by Crippen LogP contribution is -2.41. The highest BCUT2D eigenvalue weighted by atomic mass is 32.2. The van der Waals surface area contributed by atoms with E-state index in [0.717, 1.165) is 0 Å². The van der Waals surface area contributed by atoms with Gasteiger partial charge < -0.3 is 15.3 Å². The molecule has 146 valence electrons. The van der Waals surface area contributed by atoms with Crippen molar-refractivity contribution in [2.75, 3.05) is 24.6 Å². The molecule has 0 aliphatic carbocycles. The standard InChI is InChI=1S/C14H17F3N2O6S/c15-14(16,17)12(20)25-19(7-9-26(22,23)8-6-18)13(21)24-10-11-4-2-1-3-5-11/h1-5H,6-10,18H2. The first-order valence-corrected chi connectivity index (χ1v) is 9.05. The molecule has 0 fully saturated rings. The molecule has 0 saturated heterocycles. The normalized spacial score (nSPS) is 11.7. The number of hydrogen-bond acceptors (Lipinski definition) is 7. The van der Waals surface area contributed by atoms with Crippen molar-refractivity contribution in [3.05, 3.63) is 35.9 Å². The molecule has 1 rings (SSSR count). The van der Waals surface area contributed by atoms with Crippen LogP contribution in [0.15, 0.2) is 30.3 Å². The lowest BCUT2D eigenvalue weighted by Gasteiger charge is -2.21. The SMILES string of the molecule is NCCS(=O)(=O)CCN(OC(=O)C(F)(F)F)C(=O)OCc1ccccc1. The number of nitrogens with two attached hydrogens (primary N) is 1. The number of sulfone groups is 1. The first-order valence-electron chi connectivity index (χ1n) is 7.23. The molecule has 1 aromatic carbocycles. The summed E-state index contributed by atoms with van der Waals surface area (Å²) in [6, 6.07) is 8.16. The Morgan fingerprint density at radius 1 is 1.12 bits per heavy atom. The van der Waals surface area contributed by atoms with Crippen molar-refractivity contribution in [2.24, 2.45) is 5.73 Å². The summed E-state index contributed by atoms with van der Waals surface area (Å²) in [5, 5.41) is -0.0766. The van der Waals surface area contributed by atoms with Crippen molar-refractivity contribution in [3.63, 3.8) is 0 Å². The molecule has 0 saturated carbocycles.